The van der Waals surface area contributed by atoms with E-state index in [1.165, 1.54) is 17.5 Å². The van der Waals surface area contributed by atoms with Gasteiger partial charge < -0.3 is 5.11 Å². The van der Waals surface area contributed by atoms with Crippen LogP contribution in [0.5, 0.6) is 0 Å². The molecule has 2 heteroatoms. The molecule has 0 radical (unpaired) electrons. The van der Waals surface area contributed by atoms with Gasteiger partial charge in [0.25, 0.3) is 0 Å². The van der Waals surface area contributed by atoms with Crippen molar-refractivity contribution in [2.24, 2.45) is 0 Å². The molecule has 2 rings (SSSR count). The maximum atomic E-state index is 8.82. The van der Waals surface area contributed by atoms with Crippen LogP contribution in [0, 0.1) is 0 Å². The third kappa shape index (κ3) is 1.72. The van der Waals surface area contributed by atoms with Crippen molar-refractivity contribution in [2.45, 2.75) is 25.7 Å². The smallest absolute Gasteiger partial charge is 0.0471 e. The van der Waals surface area contributed by atoms with E-state index in [2.05, 4.69) is 6.07 Å². The Labute approximate surface area is 83.3 Å². The number of aryl methyl sites for hydroxylation is 1. The molecule has 0 unspecified atom stereocenters. The summed E-state index contributed by atoms with van der Waals surface area (Å²) >= 11 is 6.13. The normalized spacial score (nSPS) is 14.6. The van der Waals surface area contributed by atoms with Crippen molar-refractivity contribution in [3.8, 4) is 0 Å². The Morgan fingerprint density at radius 3 is 2.92 bits per heavy atom. The summed E-state index contributed by atoms with van der Waals surface area (Å²) in [5.41, 5.74) is 3.87. The summed E-state index contributed by atoms with van der Waals surface area (Å²) in [5, 5.41) is 9.70. The average molecular weight is 197 g/mol. The first-order valence-corrected chi connectivity index (χ1v) is 5.10. The Bertz CT molecular complexity index is 320. The molecular formula is C11H13ClO. The van der Waals surface area contributed by atoms with Gasteiger partial charge in [0.2, 0.25) is 0 Å². The lowest BCUT2D eigenvalue weighted by Crippen LogP contribution is -1.93. The topological polar surface area (TPSA) is 20.2 Å². The monoisotopic (exact) mass is 196 g/mol. The van der Waals surface area contributed by atoms with Crippen LogP contribution in [-0.2, 0) is 19.3 Å². The SMILES string of the molecule is OCCc1cc(Cl)c2c(c1)CCC2. The summed E-state index contributed by atoms with van der Waals surface area (Å²) in [5.74, 6) is 0. The molecule has 0 heterocycles. The molecule has 0 bridgehead atoms. The number of halogens is 1. The first-order valence-electron chi connectivity index (χ1n) is 4.72. The minimum Gasteiger partial charge on any atom is -0.396 e. The van der Waals surface area contributed by atoms with Gasteiger partial charge in [0.15, 0.2) is 0 Å². The highest BCUT2D eigenvalue weighted by Gasteiger charge is 2.14. The van der Waals surface area contributed by atoms with Gasteiger partial charge in [-0.2, -0.15) is 0 Å². The van der Waals surface area contributed by atoms with Crippen LogP contribution in [0.3, 0.4) is 0 Å². The van der Waals surface area contributed by atoms with Crippen LogP contribution >= 0.6 is 11.6 Å². The molecule has 1 N–H and O–H groups in total. The number of rotatable bonds is 2. The largest absolute Gasteiger partial charge is 0.396 e. The quantitative estimate of drug-likeness (QED) is 0.770. The van der Waals surface area contributed by atoms with E-state index in [1.54, 1.807) is 0 Å². The molecule has 0 spiro atoms. The lowest BCUT2D eigenvalue weighted by Gasteiger charge is -2.05. The number of benzene rings is 1. The van der Waals surface area contributed by atoms with E-state index in [0.717, 1.165) is 23.4 Å². The molecule has 13 heavy (non-hydrogen) atoms. The lowest BCUT2D eigenvalue weighted by molar-refractivity contribution is 0.299. The van der Waals surface area contributed by atoms with Gasteiger partial charge in [0, 0.05) is 11.6 Å². The molecule has 0 atom stereocenters. The van der Waals surface area contributed by atoms with Crippen molar-refractivity contribution in [3.63, 3.8) is 0 Å². The summed E-state index contributed by atoms with van der Waals surface area (Å²) in [6, 6.07) is 4.17. The summed E-state index contributed by atoms with van der Waals surface area (Å²) in [6.07, 6.45) is 4.20. The number of hydrogen-bond acceptors (Lipinski definition) is 1. The molecule has 0 aliphatic heterocycles. The van der Waals surface area contributed by atoms with Gasteiger partial charge >= 0.3 is 0 Å². The zero-order chi connectivity index (χ0) is 9.26. The molecule has 1 aromatic rings. The Kier molecular flexibility index (Phi) is 2.56. The van der Waals surface area contributed by atoms with E-state index in [4.69, 9.17) is 16.7 Å². The maximum Gasteiger partial charge on any atom is 0.0471 e. The van der Waals surface area contributed by atoms with Crippen molar-refractivity contribution < 1.29 is 5.11 Å². The van der Waals surface area contributed by atoms with Crippen molar-refractivity contribution in [2.75, 3.05) is 6.61 Å². The van der Waals surface area contributed by atoms with E-state index in [-0.39, 0.29) is 6.61 Å². The molecule has 0 amide bonds. The Hall–Kier alpha value is -0.530. The molecule has 1 aromatic carbocycles. The van der Waals surface area contributed by atoms with E-state index in [0.29, 0.717) is 6.42 Å². The van der Waals surface area contributed by atoms with Crippen LogP contribution in [-0.4, -0.2) is 11.7 Å². The van der Waals surface area contributed by atoms with Crippen molar-refractivity contribution >= 4 is 11.6 Å². The summed E-state index contributed by atoms with van der Waals surface area (Å²) in [6.45, 7) is 0.203. The molecule has 0 aromatic heterocycles. The van der Waals surface area contributed by atoms with Gasteiger partial charge in [-0.05, 0) is 48.4 Å². The average Bonchev–Trinajstić information content (AvgIpc) is 2.53. The molecule has 0 saturated heterocycles. The highest BCUT2D eigenvalue weighted by Crippen LogP contribution is 2.30. The molecule has 1 aliphatic rings. The zero-order valence-corrected chi connectivity index (χ0v) is 8.27. The third-order valence-corrected chi connectivity index (χ3v) is 2.96. The van der Waals surface area contributed by atoms with Crippen LogP contribution in [0.1, 0.15) is 23.1 Å². The van der Waals surface area contributed by atoms with Gasteiger partial charge in [-0.15, -0.1) is 0 Å². The van der Waals surface area contributed by atoms with Gasteiger partial charge in [-0.25, -0.2) is 0 Å². The maximum absolute atomic E-state index is 8.82. The van der Waals surface area contributed by atoms with Gasteiger partial charge in [-0.3, -0.25) is 0 Å². The highest BCUT2D eigenvalue weighted by molar-refractivity contribution is 6.31. The predicted molar refractivity (Wildman–Crippen MR) is 54.3 cm³/mol. The Morgan fingerprint density at radius 2 is 2.15 bits per heavy atom. The number of fused-ring (bicyclic) bond motifs is 1. The van der Waals surface area contributed by atoms with E-state index in [9.17, 15) is 0 Å². The standard InChI is InChI=1S/C11H13ClO/c12-11-7-8(4-5-13)6-9-2-1-3-10(9)11/h6-7,13H,1-5H2. The van der Waals surface area contributed by atoms with Gasteiger partial charge in [0.05, 0.1) is 0 Å². The lowest BCUT2D eigenvalue weighted by atomic mass is 10.0. The fraction of sp³-hybridized carbons (Fsp3) is 0.455. The summed E-state index contributed by atoms with van der Waals surface area (Å²) in [4.78, 5) is 0. The second-order valence-corrected chi connectivity index (χ2v) is 3.95. The molecular weight excluding hydrogens is 184 g/mol. The first kappa shape index (κ1) is 9.04. The van der Waals surface area contributed by atoms with E-state index in [1.807, 2.05) is 6.07 Å². The molecule has 1 nitrogen and oxygen atoms in total. The third-order valence-electron chi connectivity index (χ3n) is 2.62. The van der Waals surface area contributed by atoms with Crippen molar-refractivity contribution in [1.82, 2.24) is 0 Å². The second-order valence-electron chi connectivity index (χ2n) is 3.54. The fourth-order valence-corrected chi connectivity index (χ4v) is 2.34. The highest BCUT2D eigenvalue weighted by atomic mass is 35.5. The Morgan fingerprint density at radius 1 is 1.31 bits per heavy atom. The van der Waals surface area contributed by atoms with Gasteiger partial charge in [0.1, 0.15) is 0 Å². The van der Waals surface area contributed by atoms with Gasteiger partial charge in [-0.1, -0.05) is 17.7 Å². The molecule has 70 valence electrons. The van der Waals surface area contributed by atoms with Crippen LogP contribution in [0.4, 0.5) is 0 Å². The van der Waals surface area contributed by atoms with Crippen LogP contribution in [0.15, 0.2) is 12.1 Å². The summed E-state index contributed by atoms with van der Waals surface area (Å²) in [7, 11) is 0. The minimum atomic E-state index is 0.203. The van der Waals surface area contributed by atoms with E-state index < -0.39 is 0 Å². The first-order chi connectivity index (χ1) is 6.31. The molecule has 0 saturated carbocycles. The van der Waals surface area contributed by atoms with Crippen LogP contribution in [0.25, 0.3) is 0 Å². The van der Waals surface area contributed by atoms with Crippen molar-refractivity contribution in [3.05, 3.63) is 33.8 Å². The Balaban J connectivity index is 2.37. The predicted octanol–water partition coefficient (Wildman–Crippen LogP) is 2.36. The summed E-state index contributed by atoms with van der Waals surface area (Å²) < 4.78 is 0. The van der Waals surface area contributed by atoms with Crippen LogP contribution < -0.4 is 0 Å². The molecule has 0 fully saturated rings. The van der Waals surface area contributed by atoms with Crippen LogP contribution in [0.2, 0.25) is 5.02 Å². The second kappa shape index (κ2) is 3.69. The fourth-order valence-electron chi connectivity index (χ4n) is 1.99. The van der Waals surface area contributed by atoms with Crippen molar-refractivity contribution in [1.29, 1.82) is 0 Å². The number of aliphatic hydroxyl groups is 1. The minimum absolute atomic E-state index is 0.203. The molecule has 1 aliphatic carbocycles. The van der Waals surface area contributed by atoms with E-state index >= 15 is 0 Å². The number of aliphatic hydroxyl groups excluding tert-OH is 1. The number of hydrogen-bond donors (Lipinski definition) is 1. The zero-order valence-electron chi connectivity index (χ0n) is 7.52.